The van der Waals surface area contributed by atoms with Crippen molar-refractivity contribution in [2.75, 3.05) is 4.90 Å². The van der Waals surface area contributed by atoms with Crippen LogP contribution in [0.3, 0.4) is 0 Å². The van der Waals surface area contributed by atoms with Gasteiger partial charge in [-0.3, -0.25) is 0 Å². The van der Waals surface area contributed by atoms with Gasteiger partial charge in [-0.2, -0.15) is 0 Å². The third kappa shape index (κ3) is 4.34. The highest BCUT2D eigenvalue weighted by Gasteiger charge is 2.52. The van der Waals surface area contributed by atoms with Crippen LogP contribution in [0.5, 0.6) is 23.0 Å². The van der Waals surface area contributed by atoms with E-state index in [9.17, 15) is 0 Å². The average molecular weight is 812 g/mol. The first kappa shape index (κ1) is 34.3. The summed E-state index contributed by atoms with van der Waals surface area (Å²) in [5.74, 6) is 2.83. The molecule has 0 amide bonds. The first-order valence-electron chi connectivity index (χ1n) is 21.4. The van der Waals surface area contributed by atoms with Gasteiger partial charge in [0, 0.05) is 32.6 Å². The van der Waals surface area contributed by atoms with Crippen LogP contribution in [-0.4, -0.2) is 0 Å². The zero-order chi connectivity index (χ0) is 40.9. The lowest BCUT2D eigenvalue weighted by Gasteiger charge is -2.31. The van der Waals surface area contributed by atoms with E-state index in [1.165, 1.54) is 86.9 Å². The second-order valence-electron chi connectivity index (χ2n) is 17.6. The standard InChI is InChI=1S/C58H37NO2S/c1-57(2)44-20-8-3-14-36(44)40-28-26-34(30-48(40)57)59(50-24-13-19-42-41-18-7-12-25-55(41)62-56(42)50)35-27-29-51-52(31-35)61-54-33-49-43(32-53(54)60-51)39-17-6-11-23-47(39)58(49)45-21-9-4-15-37(45)38-16-5-10-22-46(38)58/h3-33H,1-2H3. The molecule has 0 saturated heterocycles. The van der Waals surface area contributed by atoms with Gasteiger partial charge < -0.3 is 14.4 Å². The number of thiophene rings is 1. The number of hydrogen-bond donors (Lipinski definition) is 0. The van der Waals surface area contributed by atoms with Gasteiger partial charge in [-0.05, 0) is 115 Å². The highest BCUT2D eigenvalue weighted by molar-refractivity contribution is 7.26. The molecule has 9 aromatic carbocycles. The third-order valence-corrected chi connectivity index (χ3v) is 15.3. The summed E-state index contributed by atoms with van der Waals surface area (Å²) in [4.78, 5) is 2.41. The van der Waals surface area contributed by atoms with Crippen molar-refractivity contribution in [3.63, 3.8) is 0 Å². The van der Waals surface area contributed by atoms with Crippen molar-refractivity contribution in [2.24, 2.45) is 0 Å². The van der Waals surface area contributed by atoms with Gasteiger partial charge in [-0.15, -0.1) is 11.3 Å². The van der Waals surface area contributed by atoms with E-state index in [1.54, 1.807) is 0 Å². The maximum Gasteiger partial charge on any atom is 0.172 e. The van der Waals surface area contributed by atoms with E-state index in [0.717, 1.165) is 28.6 Å². The van der Waals surface area contributed by atoms with E-state index in [-0.39, 0.29) is 5.41 Å². The molecule has 292 valence electrons. The number of rotatable bonds is 3. The van der Waals surface area contributed by atoms with Crippen LogP contribution >= 0.6 is 11.3 Å². The Balaban J connectivity index is 0.945. The van der Waals surface area contributed by atoms with Crippen LogP contribution in [0.1, 0.15) is 47.2 Å². The number of nitrogens with zero attached hydrogens (tertiary/aromatic N) is 1. The fraction of sp³-hybridized carbons (Fsp3) is 0.0690. The highest BCUT2D eigenvalue weighted by Crippen LogP contribution is 2.65. The molecule has 10 aromatic rings. The number of anilines is 3. The predicted molar refractivity (Wildman–Crippen MR) is 254 cm³/mol. The molecule has 1 spiro atoms. The molecule has 1 aromatic heterocycles. The number of hydrogen-bond acceptors (Lipinski definition) is 4. The number of ether oxygens (including phenoxy) is 2. The molecule has 0 radical (unpaired) electrons. The van der Waals surface area contributed by atoms with Gasteiger partial charge in [0.1, 0.15) is 0 Å². The van der Waals surface area contributed by atoms with Crippen LogP contribution in [0, 0.1) is 0 Å². The summed E-state index contributed by atoms with van der Waals surface area (Å²) in [6.07, 6.45) is 0. The lowest BCUT2D eigenvalue weighted by atomic mass is 9.70. The second-order valence-corrected chi connectivity index (χ2v) is 18.6. The normalized spacial score (nSPS) is 14.8. The topological polar surface area (TPSA) is 21.7 Å². The van der Waals surface area contributed by atoms with E-state index in [2.05, 4.69) is 207 Å². The Morgan fingerprint density at radius 2 is 0.919 bits per heavy atom. The summed E-state index contributed by atoms with van der Waals surface area (Å²) in [6, 6.07) is 68.9. The minimum atomic E-state index is -0.472. The van der Waals surface area contributed by atoms with Gasteiger partial charge in [-0.1, -0.05) is 147 Å². The summed E-state index contributed by atoms with van der Waals surface area (Å²) in [5, 5.41) is 2.53. The molecule has 4 heteroatoms. The zero-order valence-electron chi connectivity index (χ0n) is 34.1. The summed E-state index contributed by atoms with van der Waals surface area (Å²) in [6.45, 7) is 4.70. The lowest BCUT2D eigenvalue weighted by Crippen LogP contribution is -2.25. The van der Waals surface area contributed by atoms with E-state index in [1.807, 2.05) is 11.3 Å². The summed E-state index contributed by atoms with van der Waals surface area (Å²) >= 11 is 1.85. The molecular formula is C58H37NO2S. The Labute approximate surface area is 363 Å². The van der Waals surface area contributed by atoms with Crippen molar-refractivity contribution in [2.45, 2.75) is 24.7 Å². The Morgan fingerprint density at radius 1 is 0.387 bits per heavy atom. The van der Waals surface area contributed by atoms with Crippen molar-refractivity contribution in [3.05, 3.63) is 221 Å². The van der Waals surface area contributed by atoms with Crippen LogP contribution in [0.25, 0.3) is 53.6 Å². The van der Waals surface area contributed by atoms with Crippen LogP contribution < -0.4 is 14.4 Å². The second kappa shape index (κ2) is 12.1. The van der Waals surface area contributed by atoms with Gasteiger partial charge in [0.15, 0.2) is 23.0 Å². The fourth-order valence-electron chi connectivity index (χ4n) is 11.5. The molecule has 0 fully saturated rings. The molecule has 3 nitrogen and oxygen atoms in total. The summed E-state index contributed by atoms with van der Waals surface area (Å²) in [5.41, 5.74) is 18.0. The van der Waals surface area contributed by atoms with Crippen molar-refractivity contribution in [3.8, 4) is 56.4 Å². The van der Waals surface area contributed by atoms with Gasteiger partial charge in [0.25, 0.3) is 0 Å². The smallest absolute Gasteiger partial charge is 0.172 e. The minimum Gasteiger partial charge on any atom is -0.449 e. The SMILES string of the molecule is CC1(C)c2ccccc2-c2ccc(N(c3ccc4c(c3)Oc3cc5c(cc3O4)-c3ccccc3C53c4ccccc4-c4ccccc43)c3cccc4c3sc3ccccc34)cc21. The van der Waals surface area contributed by atoms with Crippen molar-refractivity contribution in [1.82, 2.24) is 0 Å². The van der Waals surface area contributed by atoms with E-state index in [4.69, 9.17) is 9.47 Å². The first-order valence-corrected chi connectivity index (χ1v) is 22.2. The largest absolute Gasteiger partial charge is 0.449 e. The lowest BCUT2D eigenvalue weighted by molar-refractivity contribution is 0.359. The van der Waals surface area contributed by atoms with Gasteiger partial charge in [0.2, 0.25) is 0 Å². The molecule has 0 atom stereocenters. The van der Waals surface area contributed by atoms with Crippen LogP contribution in [-0.2, 0) is 10.8 Å². The molecule has 0 saturated carbocycles. The van der Waals surface area contributed by atoms with Crippen LogP contribution in [0.15, 0.2) is 188 Å². The third-order valence-electron chi connectivity index (χ3n) is 14.1. The molecule has 0 bridgehead atoms. The predicted octanol–water partition coefficient (Wildman–Crippen LogP) is 16.1. The molecule has 1 aliphatic heterocycles. The molecule has 0 unspecified atom stereocenters. The van der Waals surface area contributed by atoms with E-state index in [0.29, 0.717) is 11.5 Å². The zero-order valence-corrected chi connectivity index (χ0v) is 34.9. The van der Waals surface area contributed by atoms with E-state index < -0.39 is 5.41 Å². The Morgan fingerprint density at radius 3 is 1.66 bits per heavy atom. The minimum absolute atomic E-state index is 0.147. The number of benzene rings is 9. The molecule has 62 heavy (non-hydrogen) atoms. The highest BCUT2D eigenvalue weighted by atomic mass is 32.1. The number of fused-ring (bicyclic) bond motifs is 18. The van der Waals surface area contributed by atoms with Gasteiger partial charge in [-0.25, -0.2) is 0 Å². The fourth-order valence-corrected chi connectivity index (χ4v) is 12.7. The summed E-state index contributed by atoms with van der Waals surface area (Å²) < 4.78 is 16.4. The Kier molecular flexibility index (Phi) is 6.71. The van der Waals surface area contributed by atoms with Gasteiger partial charge in [0.05, 0.1) is 21.5 Å². The van der Waals surface area contributed by atoms with Crippen molar-refractivity contribution in [1.29, 1.82) is 0 Å². The quantitative estimate of drug-likeness (QED) is 0.177. The molecule has 4 aliphatic rings. The molecule has 2 heterocycles. The van der Waals surface area contributed by atoms with Crippen LogP contribution in [0.2, 0.25) is 0 Å². The first-order chi connectivity index (χ1) is 30.5. The Bertz CT molecular complexity index is 3550. The average Bonchev–Trinajstić information content (AvgIpc) is 4.00. The van der Waals surface area contributed by atoms with Crippen molar-refractivity contribution >= 4 is 48.6 Å². The molecular weight excluding hydrogens is 775 g/mol. The summed E-state index contributed by atoms with van der Waals surface area (Å²) in [7, 11) is 0. The van der Waals surface area contributed by atoms with Gasteiger partial charge >= 0.3 is 0 Å². The maximum atomic E-state index is 7.08. The van der Waals surface area contributed by atoms with Crippen molar-refractivity contribution < 1.29 is 9.47 Å². The monoisotopic (exact) mass is 811 g/mol. The van der Waals surface area contributed by atoms with Crippen LogP contribution in [0.4, 0.5) is 17.1 Å². The maximum absolute atomic E-state index is 7.08. The molecule has 0 N–H and O–H groups in total. The molecule has 3 aliphatic carbocycles. The van der Waals surface area contributed by atoms with E-state index >= 15 is 0 Å². The molecule has 14 rings (SSSR count). The Hall–Kier alpha value is -7.40.